The third-order valence-electron chi connectivity index (χ3n) is 5.23. The summed E-state index contributed by atoms with van der Waals surface area (Å²) >= 11 is 0. The van der Waals surface area contributed by atoms with Crippen LogP contribution in [-0.4, -0.2) is 59.1 Å². The number of aliphatic carboxylic acids is 1. The molecule has 0 aliphatic carbocycles. The van der Waals surface area contributed by atoms with E-state index in [-0.39, 0.29) is 16.0 Å². The fraction of sp³-hybridized carbons (Fsp3) is 0.500. The third-order valence-corrected chi connectivity index (χ3v) is 7.23. The molecular weight excluding hydrogens is 372 g/mol. The zero-order chi connectivity index (χ0) is 20.1. The lowest BCUT2D eigenvalue weighted by atomic mass is 9.90. The van der Waals surface area contributed by atoms with Crippen molar-refractivity contribution in [1.82, 2.24) is 9.21 Å². The number of hydrogen-bond acceptors (Lipinski definition) is 5. The Morgan fingerprint density at radius 1 is 1.26 bits per heavy atom. The number of piperidine rings is 1. The highest BCUT2D eigenvalue weighted by molar-refractivity contribution is 7.90. The minimum atomic E-state index is -4.00. The topological polar surface area (TPSA) is 112 Å². The molecule has 2 amide bonds. The maximum atomic E-state index is 12.9. The third kappa shape index (κ3) is 2.99. The fourth-order valence-corrected chi connectivity index (χ4v) is 5.61. The Bertz CT molecular complexity index is 924. The molecule has 0 saturated carbocycles. The van der Waals surface area contributed by atoms with Gasteiger partial charge >= 0.3 is 5.97 Å². The molecule has 8 nitrogen and oxygen atoms in total. The van der Waals surface area contributed by atoms with E-state index < -0.39 is 45.8 Å². The molecule has 0 radical (unpaired) electrons. The van der Waals surface area contributed by atoms with Crippen LogP contribution in [0.15, 0.2) is 23.1 Å². The zero-order valence-corrected chi connectivity index (χ0v) is 16.2. The van der Waals surface area contributed by atoms with E-state index in [1.165, 1.54) is 23.1 Å². The normalized spacial score (nSPS) is 24.2. The maximum absolute atomic E-state index is 12.9. The molecule has 9 heteroatoms. The van der Waals surface area contributed by atoms with Gasteiger partial charge < -0.3 is 10.0 Å². The lowest BCUT2D eigenvalue weighted by Gasteiger charge is -2.37. The molecule has 2 aliphatic rings. The molecule has 2 atom stereocenters. The van der Waals surface area contributed by atoms with Crippen molar-refractivity contribution in [1.29, 1.82) is 0 Å². The molecule has 1 saturated heterocycles. The van der Waals surface area contributed by atoms with E-state index >= 15 is 0 Å². The lowest BCUT2D eigenvalue weighted by molar-refractivity contribution is -0.144. The van der Waals surface area contributed by atoms with Gasteiger partial charge in [-0.1, -0.05) is 0 Å². The second-order valence-electron chi connectivity index (χ2n) is 7.24. The Hall–Kier alpha value is -2.42. The first-order chi connectivity index (χ1) is 12.6. The van der Waals surface area contributed by atoms with E-state index in [1.54, 1.807) is 20.8 Å². The van der Waals surface area contributed by atoms with Gasteiger partial charge in [0, 0.05) is 24.2 Å². The number of carboxylic acids is 1. The molecule has 0 unspecified atom stereocenters. The van der Waals surface area contributed by atoms with Crippen molar-refractivity contribution in [3.8, 4) is 0 Å². The first-order valence-electron chi connectivity index (χ1n) is 8.84. The van der Waals surface area contributed by atoms with Crippen LogP contribution in [0.2, 0.25) is 0 Å². The van der Waals surface area contributed by atoms with E-state index in [0.29, 0.717) is 19.4 Å². The summed E-state index contributed by atoms with van der Waals surface area (Å²) in [5.74, 6) is -2.63. The summed E-state index contributed by atoms with van der Waals surface area (Å²) in [6.45, 7) is 5.30. The van der Waals surface area contributed by atoms with Gasteiger partial charge in [0.2, 0.25) is 0 Å². The van der Waals surface area contributed by atoms with Crippen LogP contribution < -0.4 is 0 Å². The summed E-state index contributed by atoms with van der Waals surface area (Å²) in [6.07, 6.45) is 1.06. The standard InChI is InChI=1S/C18H22N2O6S/c1-10(2)20-17(22)14-7-6-12(9-15(14)27(20,25)26)16(21)19-8-4-5-13(11(19)3)18(23)24/h6-7,9-11,13H,4-5,8H2,1-3H3,(H,23,24)/t11-,13-/m0/s1. The number of hydrogen-bond donors (Lipinski definition) is 1. The van der Waals surface area contributed by atoms with Crippen LogP contribution in [-0.2, 0) is 14.8 Å². The van der Waals surface area contributed by atoms with E-state index in [1.807, 2.05) is 0 Å². The van der Waals surface area contributed by atoms with Crippen molar-refractivity contribution in [2.75, 3.05) is 6.54 Å². The first-order valence-corrected chi connectivity index (χ1v) is 10.3. The molecule has 1 fully saturated rings. The van der Waals surface area contributed by atoms with Crippen LogP contribution in [0, 0.1) is 5.92 Å². The summed E-state index contributed by atoms with van der Waals surface area (Å²) in [4.78, 5) is 38.0. The largest absolute Gasteiger partial charge is 0.481 e. The van der Waals surface area contributed by atoms with E-state index in [4.69, 9.17) is 0 Å². The van der Waals surface area contributed by atoms with Crippen molar-refractivity contribution < 1.29 is 27.9 Å². The van der Waals surface area contributed by atoms with Crippen molar-refractivity contribution in [3.63, 3.8) is 0 Å². The van der Waals surface area contributed by atoms with E-state index in [2.05, 4.69) is 0 Å². The van der Waals surface area contributed by atoms with Crippen LogP contribution in [0.25, 0.3) is 0 Å². The Kier molecular flexibility index (Phi) is 4.75. The predicted molar refractivity (Wildman–Crippen MR) is 95.8 cm³/mol. The number of rotatable bonds is 3. The minimum absolute atomic E-state index is 0.0513. The predicted octanol–water partition coefficient (Wildman–Crippen LogP) is 1.56. The number of carboxylic acid groups (broad SMARTS) is 1. The zero-order valence-electron chi connectivity index (χ0n) is 15.4. The number of nitrogens with zero attached hydrogens (tertiary/aromatic N) is 2. The molecule has 0 aromatic heterocycles. The summed E-state index contributed by atoms with van der Waals surface area (Å²) in [5.41, 5.74) is 0.184. The van der Waals surface area contributed by atoms with Gasteiger partial charge in [0.05, 0.1) is 11.5 Å². The number of benzene rings is 1. The quantitative estimate of drug-likeness (QED) is 0.833. The van der Waals surface area contributed by atoms with Crippen molar-refractivity contribution in [3.05, 3.63) is 29.3 Å². The van der Waals surface area contributed by atoms with Gasteiger partial charge in [0.15, 0.2) is 0 Å². The van der Waals surface area contributed by atoms with Gasteiger partial charge in [-0.3, -0.25) is 14.4 Å². The minimum Gasteiger partial charge on any atom is -0.481 e. The second-order valence-corrected chi connectivity index (χ2v) is 9.02. The highest BCUT2D eigenvalue weighted by atomic mass is 32.2. The lowest BCUT2D eigenvalue weighted by Crippen LogP contribution is -2.49. The highest BCUT2D eigenvalue weighted by Gasteiger charge is 2.43. The molecule has 2 heterocycles. The smallest absolute Gasteiger partial charge is 0.308 e. The number of sulfonamides is 1. The van der Waals surface area contributed by atoms with Crippen molar-refractivity contribution >= 4 is 27.8 Å². The Morgan fingerprint density at radius 2 is 1.93 bits per heavy atom. The van der Waals surface area contributed by atoms with Gasteiger partial charge in [-0.15, -0.1) is 0 Å². The van der Waals surface area contributed by atoms with Crippen molar-refractivity contribution in [2.45, 2.75) is 50.6 Å². The number of amides is 2. The monoisotopic (exact) mass is 394 g/mol. The molecule has 0 bridgehead atoms. The van der Waals surface area contributed by atoms with Crippen LogP contribution in [0.5, 0.6) is 0 Å². The van der Waals surface area contributed by atoms with Crippen LogP contribution in [0.4, 0.5) is 0 Å². The average molecular weight is 394 g/mol. The number of fused-ring (bicyclic) bond motifs is 1. The number of carbonyl (C=O) groups excluding carboxylic acids is 2. The van der Waals surface area contributed by atoms with Crippen LogP contribution in [0.3, 0.4) is 0 Å². The number of likely N-dealkylation sites (tertiary alicyclic amines) is 1. The molecule has 1 N–H and O–H groups in total. The summed E-state index contributed by atoms with van der Waals surface area (Å²) in [6, 6.07) is 2.98. The van der Waals surface area contributed by atoms with E-state index in [0.717, 1.165) is 4.31 Å². The molecule has 1 aromatic carbocycles. The number of carbonyl (C=O) groups is 3. The van der Waals surface area contributed by atoms with Crippen LogP contribution in [0.1, 0.15) is 54.3 Å². The average Bonchev–Trinajstić information content (AvgIpc) is 2.80. The molecule has 0 spiro atoms. The molecule has 2 aliphatic heterocycles. The van der Waals surface area contributed by atoms with Gasteiger partial charge in [-0.05, 0) is 51.8 Å². The molecule has 3 rings (SSSR count). The van der Waals surface area contributed by atoms with E-state index in [9.17, 15) is 27.9 Å². The Balaban J connectivity index is 1.97. The fourth-order valence-electron chi connectivity index (χ4n) is 3.82. The SMILES string of the molecule is CC(C)N1C(=O)c2ccc(C(=O)N3CCC[C@H](C(=O)O)[C@@H]3C)cc2S1(=O)=O. The summed E-state index contributed by atoms with van der Waals surface area (Å²) in [7, 11) is -4.00. The van der Waals surface area contributed by atoms with Gasteiger partial charge in [0.1, 0.15) is 4.90 Å². The molecule has 1 aromatic rings. The molecule has 27 heavy (non-hydrogen) atoms. The Labute approximate surface area is 157 Å². The summed E-state index contributed by atoms with van der Waals surface area (Å²) < 4.78 is 26.2. The van der Waals surface area contributed by atoms with Gasteiger partial charge in [-0.2, -0.15) is 0 Å². The first kappa shape index (κ1) is 19.3. The van der Waals surface area contributed by atoms with Gasteiger partial charge in [0.25, 0.3) is 21.8 Å². The van der Waals surface area contributed by atoms with Crippen molar-refractivity contribution in [2.24, 2.45) is 5.92 Å². The second kappa shape index (κ2) is 6.63. The van der Waals surface area contributed by atoms with Crippen LogP contribution >= 0.6 is 0 Å². The molecule has 146 valence electrons. The Morgan fingerprint density at radius 3 is 2.52 bits per heavy atom. The van der Waals surface area contributed by atoms with Gasteiger partial charge in [-0.25, -0.2) is 12.7 Å². The maximum Gasteiger partial charge on any atom is 0.308 e. The highest BCUT2D eigenvalue weighted by Crippen LogP contribution is 2.33. The molecular formula is C18H22N2O6S. The summed E-state index contributed by atoms with van der Waals surface area (Å²) in [5, 5.41) is 9.32.